The quantitative estimate of drug-likeness (QED) is 0.877. The molecule has 0 spiro atoms. The Balaban J connectivity index is 2.00. The molecule has 100 valence electrons. The van der Waals surface area contributed by atoms with Crippen molar-refractivity contribution in [3.63, 3.8) is 0 Å². The van der Waals surface area contributed by atoms with E-state index in [0.29, 0.717) is 6.54 Å². The number of carboxylic acids is 1. The van der Waals surface area contributed by atoms with Crippen molar-refractivity contribution in [3.05, 3.63) is 46.2 Å². The first-order chi connectivity index (χ1) is 9.19. The molecule has 2 rings (SSSR count). The standard InChI is InChI=1S/C13H15N3O2S/c1-2-16(7-10-3-5-14-6-4-10)8-11-9-19-12(15-11)13(17)18/h3-6,9H,2,7-8H2,1H3,(H,17,18). The first-order valence-electron chi connectivity index (χ1n) is 5.98. The molecule has 2 aromatic heterocycles. The average molecular weight is 277 g/mol. The van der Waals surface area contributed by atoms with Gasteiger partial charge < -0.3 is 5.11 Å². The molecule has 0 aliphatic carbocycles. The molecular formula is C13H15N3O2S. The van der Waals surface area contributed by atoms with Crippen molar-refractivity contribution in [1.29, 1.82) is 0 Å². The van der Waals surface area contributed by atoms with Crippen LogP contribution in [-0.4, -0.2) is 32.5 Å². The van der Waals surface area contributed by atoms with Crippen LogP contribution >= 0.6 is 11.3 Å². The summed E-state index contributed by atoms with van der Waals surface area (Å²) in [6.45, 7) is 4.41. The van der Waals surface area contributed by atoms with Crippen LogP contribution in [0.25, 0.3) is 0 Å². The van der Waals surface area contributed by atoms with E-state index < -0.39 is 5.97 Å². The van der Waals surface area contributed by atoms with Crippen molar-refractivity contribution in [2.24, 2.45) is 0 Å². The molecule has 6 heteroatoms. The van der Waals surface area contributed by atoms with Crippen molar-refractivity contribution in [2.45, 2.75) is 20.0 Å². The van der Waals surface area contributed by atoms with Crippen molar-refractivity contribution in [1.82, 2.24) is 14.9 Å². The molecule has 0 fully saturated rings. The summed E-state index contributed by atoms with van der Waals surface area (Å²) in [6, 6.07) is 3.96. The molecule has 0 amide bonds. The van der Waals surface area contributed by atoms with Gasteiger partial charge in [-0.1, -0.05) is 6.92 Å². The number of pyridine rings is 1. The predicted molar refractivity (Wildman–Crippen MR) is 73.1 cm³/mol. The summed E-state index contributed by atoms with van der Waals surface area (Å²) in [5, 5.41) is 10.8. The summed E-state index contributed by atoms with van der Waals surface area (Å²) in [5.41, 5.74) is 1.99. The summed E-state index contributed by atoms with van der Waals surface area (Å²) in [6.07, 6.45) is 3.54. The van der Waals surface area contributed by atoms with E-state index in [9.17, 15) is 4.79 Å². The SMILES string of the molecule is CCN(Cc1ccncc1)Cc1csc(C(=O)O)n1. The van der Waals surface area contributed by atoms with Crippen LogP contribution in [0.3, 0.4) is 0 Å². The second-order valence-electron chi connectivity index (χ2n) is 4.11. The number of nitrogens with zero attached hydrogens (tertiary/aromatic N) is 3. The van der Waals surface area contributed by atoms with Gasteiger partial charge in [0.25, 0.3) is 0 Å². The van der Waals surface area contributed by atoms with Gasteiger partial charge in [-0.3, -0.25) is 9.88 Å². The third-order valence-electron chi connectivity index (χ3n) is 2.72. The predicted octanol–water partition coefficient (Wildman–Crippen LogP) is 2.26. The Morgan fingerprint density at radius 1 is 1.37 bits per heavy atom. The third-order valence-corrected chi connectivity index (χ3v) is 3.60. The molecule has 2 aromatic rings. The average Bonchev–Trinajstić information content (AvgIpc) is 2.88. The van der Waals surface area contributed by atoms with Gasteiger partial charge in [-0.15, -0.1) is 11.3 Å². The van der Waals surface area contributed by atoms with Crippen LogP contribution in [-0.2, 0) is 13.1 Å². The Bertz CT molecular complexity index is 542. The van der Waals surface area contributed by atoms with Crippen LogP contribution in [0, 0.1) is 0 Å². The largest absolute Gasteiger partial charge is 0.476 e. The minimum Gasteiger partial charge on any atom is -0.476 e. The number of aromatic nitrogens is 2. The van der Waals surface area contributed by atoms with Crippen LogP contribution in [0.1, 0.15) is 28.0 Å². The zero-order valence-corrected chi connectivity index (χ0v) is 11.4. The Labute approximate surface area is 115 Å². The van der Waals surface area contributed by atoms with Gasteiger partial charge in [0.05, 0.1) is 5.69 Å². The Kier molecular flexibility index (Phi) is 4.59. The van der Waals surface area contributed by atoms with Crippen LogP contribution in [0.5, 0.6) is 0 Å². The Morgan fingerprint density at radius 2 is 2.11 bits per heavy atom. The number of rotatable bonds is 6. The van der Waals surface area contributed by atoms with Crippen LogP contribution < -0.4 is 0 Å². The second kappa shape index (κ2) is 6.40. The topological polar surface area (TPSA) is 66.3 Å². The van der Waals surface area contributed by atoms with E-state index in [1.54, 1.807) is 17.8 Å². The fourth-order valence-electron chi connectivity index (χ4n) is 1.73. The maximum absolute atomic E-state index is 10.8. The molecule has 0 bridgehead atoms. The highest BCUT2D eigenvalue weighted by atomic mass is 32.1. The highest BCUT2D eigenvalue weighted by molar-refractivity contribution is 7.11. The lowest BCUT2D eigenvalue weighted by atomic mass is 10.2. The minimum absolute atomic E-state index is 0.148. The van der Waals surface area contributed by atoms with Gasteiger partial charge in [0.15, 0.2) is 0 Å². The fourth-order valence-corrected chi connectivity index (χ4v) is 2.38. The molecule has 0 unspecified atom stereocenters. The molecule has 0 aliphatic rings. The lowest BCUT2D eigenvalue weighted by Gasteiger charge is -2.19. The Hall–Kier alpha value is -1.79. The molecule has 0 saturated heterocycles. The van der Waals surface area contributed by atoms with Crippen molar-refractivity contribution >= 4 is 17.3 Å². The first kappa shape index (κ1) is 13.6. The van der Waals surface area contributed by atoms with Gasteiger partial charge in [0, 0.05) is 30.9 Å². The van der Waals surface area contributed by atoms with E-state index >= 15 is 0 Å². The number of hydrogen-bond acceptors (Lipinski definition) is 5. The van der Waals surface area contributed by atoms with Crippen molar-refractivity contribution in [2.75, 3.05) is 6.54 Å². The van der Waals surface area contributed by atoms with E-state index in [-0.39, 0.29) is 5.01 Å². The highest BCUT2D eigenvalue weighted by Crippen LogP contribution is 2.13. The lowest BCUT2D eigenvalue weighted by Crippen LogP contribution is -2.22. The molecule has 0 saturated carbocycles. The molecule has 2 heterocycles. The molecule has 0 radical (unpaired) electrons. The monoisotopic (exact) mass is 277 g/mol. The summed E-state index contributed by atoms with van der Waals surface area (Å²) < 4.78 is 0. The number of aromatic carboxylic acids is 1. The molecular weight excluding hydrogens is 262 g/mol. The van der Waals surface area contributed by atoms with E-state index in [0.717, 1.165) is 18.8 Å². The van der Waals surface area contributed by atoms with Gasteiger partial charge in [-0.2, -0.15) is 0 Å². The maximum Gasteiger partial charge on any atom is 0.365 e. The third kappa shape index (κ3) is 3.84. The van der Waals surface area contributed by atoms with E-state index in [2.05, 4.69) is 21.8 Å². The van der Waals surface area contributed by atoms with Crippen LogP contribution in [0.4, 0.5) is 0 Å². The van der Waals surface area contributed by atoms with Crippen LogP contribution in [0.2, 0.25) is 0 Å². The number of thiazole rings is 1. The molecule has 0 atom stereocenters. The number of carbonyl (C=O) groups is 1. The number of carboxylic acid groups (broad SMARTS) is 1. The van der Waals surface area contributed by atoms with Crippen molar-refractivity contribution < 1.29 is 9.90 Å². The van der Waals surface area contributed by atoms with Crippen LogP contribution in [0.15, 0.2) is 29.9 Å². The van der Waals surface area contributed by atoms with E-state index in [1.807, 2.05) is 12.1 Å². The maximum atomic E-state index is 10.8. The smallest absolute Gasteiger partial charge is 0.365 e. The zero-order valence-electron chi connectivity index (χ0n) is 10.6. The Morgan fingerprint density at radius 3 is 2.68 bits per heavy atom. The summed E-state index contributed by atoms with van der Waals surface area (Å²) in [5.74, 6) is -0.964. The van der Waals surface area contributed by atoms with E-state index in [4.69, 9.17) is 5.11 Å². The van der Waals surface area contributed by atoms with Gasteiger partial charge in [-0.05, 0) is 24.2 Å². The number of hydrogen-bond donors (Lipinski definition) is 1. The summed E-state index contributed by atoms with van der Waals surface area (Å²) in [4.78, 5) is 21.1. The lowest BCUT2D eigenvalue weighted by molar-refractivity contribution is 0.0696. The highest BCUT2D eigenvalue weighted by Gasteiger charge is 2.11. The fraction of sp³-hybridized carbons (Fsp3) is 0.308. The van der Waals surface area contributed by atoms with E-state index in [1.165, 1.54) is 16.9 Å². The van der Waals surface area contributed by atoms with Gasteiger partial charge in [0.2, 0.25) is 5.01 Å². The molecule has 1 N–H and O–H groups in total. The first-order valence-corrected chi connectivity index (χ1v) is 6.86. The van der Waals surface area contributed by atoms with Gasteiger partial charge in [-0.25, -0.2) is 9.78 Å². The van der Waals surface area contributed by atoms with Gasteiger partial charge in [0.1, 0.15) is 0 Å². The van der Waals surface area contributed by atoms with Gasteiger partial charge >= 0.3 is 5.97 Å². The van der Waals surface area contributed by atoms with Crippen molar-refractivity contribution in [3.8, 4) is 0 Å². The molecule has 19 heavy (non-hydrogen) atoms. The zero-order chi connectivity index (χ0) is 13.7. The molecule has 5 nitrogen and oxygen atoms in total. The normalized spacial score (nSPS) is 10.8. The minimum atomic E-state index is -0.964. The summed E-state index contributed by atoms with van der Waals surface area (Å²) in [7, 11) is 0. The second-order valence-corrected chi connectivity index (χ2v) is 4.97. The molecule has 0 aromatic carbocycles. The molecule has 0 aliphatic heterocycles. The summed E-state index contributed by atoms with van der Waals surface area (Å²) >= 11 is 1.17.